The summed E-state index contributed by atoms with van der Waals surface area (Å²) in [5, 5.41) is 3.62. The van der Waals surface area contributed by atoms with Crippen LogP contribution in [0.3, 0.4) is 0 Å². The molecule has 0 spiro atoms. The highest BCUT2D eigenvalue weighted by Gasteiger charge is 2.36. The maximum atomic E-state index is 13.4. The second-order valence-electron chi connectivity index (χ2n) is 7.56. The smallest absolute Gasteiger partial charge is 0.433 e. The number of carbonyl (C=O) groups is 1. The lowest BCUT2D eigenvalue weighted by Crippen LogP contribution is -2.39. The maximum absolute atomic E-state index is 13.4. The first-order valence-electron chi connectivity index (χ1n) is 10.1. The normalized spacial score (nSPS) is 15.2. The van der Waals surface area contributed by atoms with Gasteiger partial charge < -0.3 is 14.4 Å². The number of piperidine rings is 1. The molecule has 2 aromatic heterocycles. The van der Waals surface area contributed by atoms with Gasteiger partial charge in [0, 0.05) is 24.7 Å². The summed E-state index contributed by atoms with van der Waals surface area (Å²) in [6.07, 6.45) is -2.28. The van der Waals surface area contributed by atoms with Crippen molar-refractivity contribution in [3.8, 4) is 11.5 Å². The van der Waals surface area contributed by atoms with Crippen molar-refractivity contribution in [3.05, 3.63) is 47.5 Å². The highest BCUT2D eigenvalue weighted by atomic mass is 19.4. The minimum Gasteiger partial charge on any atom is -0.493 e. The first-order valence-corrected chi connectivity index (χ1v) is 10.1. The number of methoxy groups -OCH3 is 2. The van der Waals surface area contributed by atoms with Gasteiger partial charge in [0.1, 0.15) is 6.33 Å². The van der Waals surface area contributed by atoms with E-state index in [-0.39, 0.29) is 24.0 Å². The van der Waals surface area contributed by atoms with E-state index in [4.69, 9.17) is 9.47 Å². The van der Waals surface area contributed by atoms with Gasteiger partial charge in [0.05, 0.1) is 20.6 Å². The molecule has 0 atom stereocenters. The Morgan fingerprint density at radius 1 is 1.12 bits per heavy atom. The van der Waals surface area contributed by atoms with Crippen LogP contribution in [0.1, 0.15) is 35.7 Å². The molecule has 32 heavy (non-hydrogen) atoms. The van der Waals surface area contributed by atoms with Crippen LogP contribution in [0.25, 0.3) is 5.78 Å². The molecule has 1 aliphatic heterocycles. The van der Waals surface area contributed by atoms with E-state index in [0.29, 0.717) is 47.6 Å². The second kappa shape index (κ2) is 8.64. The van der Waals surface area contributed by atoms with E-state index in [2.05, 4.69) is 15.1 Å². The lowest BCUT2D eigenvalue weighted by molar-refractivity contribution is -0.142. The van der Waals surface area contributed by atoms with Crippen molar-refractivity contribution >= 4 is 11.7 Å². The van der Waals surface area contributed by atoms with Crippen LogP contribution < -0.4 is 9.47 Å². The van der Waals surface area contributed by atoms with Crippen molar-refractivity contribution < 1.29 is 27.4 Å². The van der Waals surface area contributed by atoms with Crippen molar-refractivity contribution in [2.45, 2.75) is 31.4 Å². The Hall–Kier alpha value is -3.37. The zero-order valence-corrected chi connectivity index (χ0v) is 17.6. The van der Waals surface area contributed by atoms with E-state index >= 15 is 0 Å². The third-order valence-corrected chi connectivity index (χ3v) is 5.63. The Morgan fingerprint density at radius 3 is 2.50 bits per heavy atom. The standard InChI is InChI=1S/C21H22F3N5O3/c1-31-16-4-3-13(9-17(16)32-2)10-19(30)28-7-5-14(6-8-28)15-11-18(21(22,23)24)29-20(27-15)25-12-26-29/h3-4,9,11-12,14H,5-8,10H2,1-2H3. The summed E-state index contributed by atoms with van der Waals surface area (Å²) < 4.78 is 51.5. The number of aromatic nitrogens is 4. The van der Waals surface area contributed by atoms with E-state index in [1.54, 1.807) is 24.1 Å². The number of benzene rings is 1. The van der Waals surface area contributed by atoms with Gasteiger partial charge in [0.25, 0.3) is 5.78 Å². The highest BCUT2D eigenvalue weighted by Crippen LogP contribution is 2.34. The Kier molecular flexibility index (Phi) is 5.90. The first kappa shape index (κ1) is 21.8. The third-order valence-electron chi connectivity index (χ3n) is 5.63. The fourth-order valence-corrected chi connectivity index (χ4v) is 3.94. The summed E-state index contributed by atoms with van der Waals surface area (Å²) >= 11 is 0. The number of nitrogens with zero attached hydrogens (tertiary/aromatic N) is 5. The predicted molar refractivity (Wildman–Crippen MR) is 108 cm³/mol. The molecule has 8 nitrogen and oxygen atoms in total. The number of amides is 1. The summed E-state index contributed by atoms with van der Waals surface area (Å²) in [6, 6.07) is 6.36. The number of ether oxygens (including phenoxy) is 2. The minimum absolute atomic E-state index is 0.0486. The van der Waals surface area contributed by atoms with Crippen LogP contribution >= 0.6 is 0 Å². The number of halogens is 3. The average Bonchev–Trinajstić information content (AvgIpc) is 3.26. The van der Waals surface area contributed by atoms with Gasteiger partial charge in [0.2, 0.25) is 5.91 Å². The number of likely N-dealkylation sites (tertiary alicyclic amines) is 1. The summed E-state index contributed by atoms with van der Waals surface area (Å²) in [5.74, 6) is 0.809. The SMILES string of the molecule is COc1ccc(CC(=O)N2CCC(c3cc(C(F)(F)F)n4ncnc4n3)CC2)cc1OC. The van der Waals surface area contributed by atoms with Crippen LogP contribution in [-0.2, 0) is 17.4 Å². The van der Waals surface area contributed by atoms with Crippen molar-refractivity contribution in [2.24, 2.45) is 0 Å². The fraction of sp³-hybridized carbons (Fsp3) is 0.429. The van der Waals surface area contributed by atoms with E-state index in [0.717, 1.165) is 18.0 Å². The first-order chi connectivity index (χ1) is 15.3. The van der Waals surface area contributed by atoms with Crippen LogP contribution in [0.5, 0.6) is 11.5 Å². The highest BCUT2D eigenvalue weighted by molar-refractivity contribution is 5.79. The lowest BCUT2D eigenvalue weighted by Gasteiger charge is -2.32. The molecule has 1 fully saturated rings. The molecule has 1 saturated heterocycles. The molecule has 11 heteroatoms. The molecule has 3 aromatic rings. The zero-order chi connectivity index (χ0) is 22.9. The van der Waals surface area contributed by atoms with Gasteiger partial charge in [-0.25, -0.2) is 4.98 Å². The molecule has 4 rings (SSSR count). The van der Waals surface area contributed by atoms with Crippen LogP contribution in [0, 0.1) is 0 Å². The van der Waals surface area contributed by atoms with Crippen LogP contribution in [0.4, 0.5) is 13.2 Å². The molecule has 0 aliphatic carbocycles. The van der Waals surface area contributed by atoms with Crippen molar-refractivity contribution in [1.29, 1.82) is 0 Å². The molecule has 0 radical (unpaired) electrons. The topological polar surface area (TPSA) is 81.9 Å². The Labute approximate surface area is 182 Å². The summed E-state index contributed by atoms with van der Waals surface area (Å²) in [4.78, 5) is 22.6. The van der Waals surface area contributed by atoms with Gasteiger partial charge >= 0.3 is 6.18 Å². The van der Waals surface area contributed by atoms with E-state index in [1.165, 1.54) is 7.11 Å². The van der Waals surface area contributed by atoms with E-state index < -0.39 is 11.9 Å². The Bertz CT molecular complexity index is 1120. The zero-order valence-electron chi connectivity index (χ0n) is 17.6. The summed E-state index contributed by atoms with van der Waals surface area (Å²) in [7, 11) is 3.07. The molecular formula is C21H22F3N5O3. The van der Waals surface area contributed by atoms with Crippen LogP contribution in [0.2, 0.25) is 0 Å². The maximum Gasteiger partial charge on any atom is 0.433 e. The van der Waals surface area contributed by atoms with Gasteiger partial charge in [-0.3, -0.25) is 4.79 Å². The van der Waals surface area contributed by atoms with E-state index in [1.807, 2.05) is 6.07 Å². The van der Waals surface area contributed by atoms with Gasteiger partial charge in [-0.15, -0.1) is 0 Å². The molecule has 0 bridgehead atoms. The molecule has 0 saturated carbocycles. The Morgan fingerprint density at radius 2 is 1.84 bits per heavy atom. The molecule has 0 N–H and O–H groups in total. The third kappa shape index (κ3) is 4.32. The molecule has 170 valence electrons. The molecule has 3 heterocycles. The lowest BCUT2D eigenvalue weighted by atomic mass is 9.92. The van der Waals surface area contributed by atoms with Gasteiger partial charge in [-0.2, -0.15) is 27.8 Å². The summed E-state index contributed by atoms with van der Waals surface area (Å²) in [5.41, 5.74) is 0.218. The molecule has 1 amide bonds. The van der Waals surface area contributed by atoms with Crippen LogP contribution in [0.15, 0.2) is 30.6 Å². The minimum atomic E-state index is -4.57. The Balaban J connectivity index is 1.44. The largest absolute Gasteiger partial charge is 0.493 e. The van der Waals surface area contributed by atoms with Gasteiger partial charge in [-0.05, 0) is 36.6 Å². The fourth-order valence-electron chi connectivity index (χ4n) is 3.94. The van der Waals surface area contributed by atoms with Crippen LogP contribution in [-0.4, -0.2) is 57.7 Å². The van der Waals surface area contributed by atoms with Gasteiger partial charge in [0.15, 0.2) is 17.2 Å². The molecule has 0 unspecified atom stereocenters. The molecule has 1 aromatic carbocycles. The monoisotopic (exact) mass is 449 g/mol. The molecule has 1 aliphatic rings. The quantitative estimate of drug-likeness (QED) is 0.596. The number of fused-ring (bicyclic) bond motifs is 1. The number of hydrogen-bond donors (Lipinski definition) is 0. The molecular weight excluding hydrogens is 427 g/mol. The van der Waals surface area contributed by atoms with Crippen molar-refractivity contribution in [1.82, 2.24) is 24.5 Å². The number of alkyl halides is 3. The average molecular weight is 449 g/mol. The summed E-state index contributed by atoms with van der Waals surface area (Å²) in [6.45, 7) is 0.884. The number of carbonyl (C=O) groups excluding carboxylic acids is 1. The van der Waals surface area contributed by atoms with Crippen molar-refractivity contribution in [2.75, 3.05) is 27.3 Å². The number of hydrogen-bond acceptors (Lipinski definition) is 6. The number of rotatable bonds is 5. The van der Waals surface area contributed by atoms with Gasteiger partial charge in [-0.1, -0.05) is 6.07 Å². The van der Waals surface area contributed by atoms with Crippen molar-refractivity contribution in [3.63, 3.8) is 0 Å². The predicted octanol–water partition coefficient (Wildman–Crippen LogP) is 3.11. The second-order valence-corrected chi connectivity index (χ2v) is 7.56. The van der Waals surface area contributed by atoms with E-state index in [9.17, 15) is 18.0 Å².